The predicted octanol–water partition coefficient (Wildman–Crippen LogP) is 2.68. The van der Waals surface area contributed by atoms with Crippen molar-refractivity contribution in [2.45, 2.75) is 44.2 Å². The fourth-order valence-electron chi connectivity index (χ4n) is 3.46. The third kappa shape index (κ3) is 2.62. The molecule has 0 aromatic heterocycles. The lowest BCUT2D eigenvalue weighted by atomic mass is 9.84. The SMILES string of the molecule is CCCC1CC2(CCO1)CN=C(N)N2c1ccc(F)cc1. The van der Waals surface area contributed by atoms with Crippen LogP contribution in [0, 0.1) is 5.82 Å². The van der Waals surface area contributed by atoms with E-state index in [1.54, 1.807) is 12.1 Å². The molecule has 114 valence electrons. The summed E-state index contributed by atoms with van der Waals surface area (Å²) >= 11 is 0. The van der Waals surface area contributed by atoms with Crippen molar-refractivity contribution in [3.8, 4) is 0 Å². The summed E-state index contributed by atoms with van der Waals surface area (Å²) in [6, 6.07) is 6.49. The number of nitrogens with zero attached hydrogens (tertiary/aromatic N) is 2. The third-order valence-corrected chi connectivity index (χ3v) is 4.46. The van der Waals surface area contributed by atoms with Crippen LogP contribution in [0.3, 0.4) is 0 Å². The first-order valence-electron chi connectivity index (χ1n) is 7.62. The minimum atomic E-state index is -0.238. The molecular formula is C16H22FN3O. The number of hydrogen-bond acceptors (Lipinski definition) is 4. The van der Waals surface area contributed by atoms with Crippen LogP contribution in [0.25, 0.3) is 0 Å². The standard InChI is InChI=1S/C16H22FN3O/c1-2-3-14-10-16(8-9-21-14)11-19-15(18)20(16)13-6-4-12(17)5-7-13/h4-7,14H,2-3,8-11H2,1H3,(H2,18,19). The van der Waals surface area contributed by atoms with Crippen LogP contribution in [0.15, 0.2) is 29.3 Å². The van der Waals surface area contributed by atoms with Gasteiger partial charge in [0.05, 0.1) is 18.2 Å². The van der Waals surface area contributed by atoms with Crippen molar-refractivity contribution >= 4 is 11.6 Å². The first kappa shape index (κ1) is 14.3. The van der Waals surface area contributed by atoms with Gasteiger partial charge in [-0.25, -0.2) is 4.39 Å². The topological polar surface area (TPSA) is 50.9 Å². The summed E-state index contributed by atoms with van der Waals surface area (Å²) in [5.74, 6) is 0.289. The first-order valence-corrected chi connectivity index (χ1v) is 7.62. The molecule has 1 spiro atoms. The average Bonchev–Trinajstić information content (AvgIpc) is 2.77. The zero-order chi connectivity index (χ0) is 14.9. The number of hydrogen-bond donors (Lipinski definition) is 1. The molecule has 1 saturated heterocycles. The van der Waals surface area contributed by atoms with E-state index < -0.39 is 0 Å². The van der Waals surface area contributed by atoms with Gasteiger partial charge in [0.15, 0.2) is 5.96 Å². The maximum atomic E-state index is 13.2. The van der Waals surface area contributed by atoms with Crippen molar-refractivity contribution in [2.75, 3.05) is 18.1 Å². The zero-order valence-electron chi connectivity index (χ0n) is 12.4. The Morgan fingerprint density at radius 1 is 1.43 bits per heavy atom. The summed E-state index contributed by atoms with van der Waals surface area (Å²) in [7, 11) is 0. The zero-order valence-corrected chi connectivity index (χ0v) is 12.4. The molecule has 21 heavy (non-hydrogen) atoms. The van der Waals surface area contributed by atoms with Gasteiger partial charge in [-0.15, -0.1) is 0 Å². The molecule has 1 fully saturated rings. The number of halogens is 1. The molecule has 2 heterocycles. The summed E-state index contributed by atoms with van der Waals surface area (Å²) in [6.07, 6.45) is 4.23. The first-order chi connectivity index (χ1) is 10.1. The van der Waals surface area contributed by atoms with Gasteiger partial charge in [0.25, 0.3) is 0 Å². The lowest BCUT2D eigenvalue weighted by Gasteiger charge is -2.44. The summed E-state index contributed by atoms with van der Waals surface area (Å²) < 4.78 is 19.0. The van der Waals surface area contributed by atoms with Crippen molar-refractivity contribution in [2.24, 2.45) is 10.7 Å². The molecule has 0 amide bonds. The molecule has 2 aliphatic rings. The fourth-order valence-corrected chi connectivity index (χ4v) is 3.46. The minimum absolute atomic E-state index is 0.111. The highest BCUT2D eigenvalue weighted by molar-refractivity contribution is 5.98. The van der Waals surface area contributed by atoms with Gasteiger partial charge in [-0.05, 0) is 43.5 Å². The molecule has 4 nitrogen and oxygen atoms in total. The maximum Gasteiger partial charge on any atom is 0.196 e. The molecule has 0 bridgehead atoms. The number of benzene rings is 1. The highest BCUT2D eigenvalue weighted by atomic mass is 19.1. The maximum absolute atomic E-state index is 13.2. The second-order valence-corrected chi connectivity index (χ2v) is 5.95. The summed E-state index contributed by atoms with van der Waals surface area (Å²) in [5.41, 5.74) is 6.91. The van der Waals surface area contributed by atoms with E-state index in [2.05, 4.69) is 16.8 Å². The van der Waals surface area contributed by atoms with E-state index in [-0.39, 0.29) is 17.5 Å². The quantitative estimate of drug-likeness (QED) is 0.931. The van der Waals surface area contributed by atoms with Gasteiger partial charge >= 0.3 is 0 Å². The lowest BCUT2D eigenvalue weighted by Crippen LogP contribution is -2.56. The predicted molar refractivity (Wildman–Crippen MR) is 82.0 cm³/mol. The lowest BCUT2D eigenvalue weighted by molar-refractivity contribution is -0.0180. The Labute approximate surface area is 124 Å². The van der Waals surface area contributed by atoms with E-state index in [0.717, 1.165) is 38.0 Å². The Morgan fingerprint density at radius 3 is 2.90 bits per heavy atom. The second-order valence-electron chi connectivity index (χ2n) is 5.95. The molecule has 1 aromatic rings. The highest BCUT2D eigenvalue weighted by Crippen LogP contribution is 2.39. The monoisotopic (exact) mass is 291 g/mol. The van der Waals surface area contributed by atoms with E-state index in [1.807, 2.05) is 0 Å². The Kier molecular flexibility index (Phi) is 3.85. The average molecular weight is 291 g/mol. The molecule has 0 saturated carbocycles. The van der Waals surface area contributed by atoms with E-state index in [1.165, 1.54) is 12.1 Å². The number of anilines is 1. The Balaban J connectivity index is 1.89. The summed E-state index contributed by atoms with van der Waals surface area (Å²) in [6.45, 7) is 3.59. The van der Waals surface area contributed by atoms with Crippen LogP contribution in [0.1, 0.15) is 32.6 Å². The van der Waals surface area contributed by atoms with Gasteiger partial charge in [-0.2, -0.15) is 0 Å². The fraction of sp³-hybridized carbons (Fsp3) is 0.562. The summed E-state index contributed by atoms with van der Waals surface area (Å²) in [4.78, 5) is 6.54. The van der Waals surface area contributed by atoms with Crippen molar-refractivity contribution in [1.82, 2.24) is 0 Å². The largest absolute Gasteiger partial charge is 0.378 e. The van der Waals surface area contributed by atoms with Crippen molar-refractivity contribution in [1.29, 1.82) is 0 Å². The minimum Gasteiger partial charge on any atom is -0.378 e. The van der Waals surface area contributed by atoms with Crippen LogP contribution in [0.5, 0.6) is 0 Å². The van der Waals surface area contributed by atoms with Gasteiger partial charge in [0, 0.05) is 12.3 Å². The summed E-state index contributed by atoms with van der Waals surface area (Å²) in [5, 5.41) is 0. The number of nitrogens with two attached hydrogens (primary N) is 1. The normalized spacial score (nSPS) is 29.0. The molecule has 2 atom stereocenters. The van der Waals surface area contributed by atoms with Crippen LogP contribution in [0.2, 0.25) is 0 Å². The van der Waals surface area contributed by atoms with Crippen LogP contribution in [0.4, 0.5) is 10.1 Å². The van der Waals surface area contributed by atoms with Gasteiger partial charge in [0.1, 0.15) is 5.82 Å². The van der Waals surface area contributed by atoms with Gasteiger partial charge < -0.3 is 15.4 Å². The number of ether oxygens (including phenoxy) is 1. The molecular weight excluding hydrogens is 269 g/mol. The van der Waals surface area contributed by atoms with E-state index in [4.69, 9.17) is 10.5 Å². The van der Waals surface area contributed by atoms with Gasteiger partial charge in [-0.1, -0.05) is 13.3 Å². The third-order valence-electron chi connectivity index (χ3n) is 4.46. The molecule has 1 aromatic carbocycles. The van der Waals surface area contributed by atoms with Crippen LogP contribution in [-0.2, 0) is 4.74 Å². The molecule has 2 N–H and O–H groups in total. The van der Waals surface area contributed by atoms with E-state index in [0.29, 0.717) is 12.5 Å². The Bertz CT molecular complexity index is 529. The molecule has 0 aliphatic carbocycles. The van der Waals surface area contributed by atoms with Crippen LogP contribution < -0.4 is 10.6 Å². The molecule has 5 heteroatoms. The van der Waals surface area contributed by atoms with E-state index >= 15 is 0 Å². The number of guanidine groups is 1. The molecule has 2 aliphatic heterocycles. The van der Waals surface area contributed by atoms with E-state index in [9.17, 15) is 4.39 Å². The smallest absolute Gasteiger partial charge is 0.196 e. The van der Waals surface area contributed by atoms with Gasteiger partial charge in [-0.3, -0.25) is 4.99 Å². The van der Waals surface area contributed by atoms with Gasteiger partial charge in [0.2, 0.25) is 0 Å². The number of rotatable bonds is 3. The van der Waals surface area contributed by atoms with Crippen LogP contribution >= 0.6 is 0 Å². The van der Waals surface area contributed by atoms with Crippen LogP contribution in [-0.4, -0.2) is 30.8 Å². The molecule has 0 radical (unpaired) electrons. The Morgan fingerprint density at radius 2 is 2.19 bits per heavy atom. The molecule has 2 unspecified atom stereocenters. The van der Waals surface area contributed by atoms with Crippen molar-refractivity contribution < 1.29 is 9.13 Å². The number of aliphatic imine (C=N–C) groups is 1. The molecule has 3 rings (SSSR count). The Hall–Kier alpha value is -1.62. The van der Waals surface area contributed by atoms with Crippen molar-refractivity contribution in [3.05, 3.63) is 30.1 Å². The highest BCUT2D eigenvalue weighted by Gasteiger charge is 2.46. The second kappa shape index (κ2) is 5.64. The van der Waals surface area contributed by atoms with Crippen molar-refractivity contribution in [3.63, 3.8) is 0 Å².